The van der Waals surface area contributed by atoms with Gasteiger partial charge < -0.3 is 20.3 Å². The molecule has 0 spiro atoms. The molecule has 0 atom stereocenters. The van der Waals surface area contributed by atoms with Gasteiger partial charge in [0.05, 0.1) is 43.2 Å². The number of amides is 1. The monoisotopic (exact) mass is 499 g/mol. The first-order chi connectivity index (χ1) is 17.8. The van der Waals surface area contributed by atoms with Crippen molar-refractivity contribution < 1.29 is 24.2 Å². The molecule has 0 aliphatic rings. The Bertz CT molecular complexity index is 1470. The summed E-state index contributed by atoms with van der Waals surface area (Å²) in [6.07, 6.45) is -0.0199. The first kappa shape index (κ1) is 25.5. The molecule has 0 saturated heterocycles. The number of Topliss-reactive ketones (excluding diaryl/α,β-unsaturated/α-hetero) is 1. The van der Waals surface area contributed by atoms with Gasteiger partial charge in [-0.3, -0.25) is 19.1 Å². The number of methoxy groups -OCH3 is 2. The summed E-state index contributed by atoms with van der Waals surface area (Å²) >= 11 is 0. The number of carbonyl (C=O) groups excluding carboxylic acids is 2. The van der Waals surface area contributed by atoms with Crippen molar-refractivity contribution in [2.24, 2.45) is 10.7 Å². The lowest BCUT2D eigenvalue weighted by atomic mass is 10.0. The highest BCUT2D eigenvalue weighted by molar-refractivity contribution is 6.22. The first-order valence-corrected chi connectivity index (χ1v) is 11.8. The van der Waals surface area contributed by atoms with Gasteiger partial charge in [0.1, 0.15) is 11.5 Å². The number of aromatic nitrogens is 1. The number of nitrogens with zero attached hydrogens (tertiary/aromatic N) is 2. The van der Waals surface area contributed by atoms with E-state index in [1.54, 1.807) is 37.0 Å². The standard InChI is InChI=1S/C29H29N3O5/c1-18-9-11-24-25(13-18)32(20-14-22(36-2)16-23(15-20)37-3)29(35)27(24)28(19-7-5-4-6-8-19)31-17-21(33)10-12-26(30)34/h4-9,11,13-16,35H,10,12,17H2,1-3H3,(H2,30,34). The average molecular weight is 500 g/mol. The zero-order valence-electron chi connectivity index (χ0n) is 21.0. The van der Waals surface area contributed by atoms with Gasteiger partial charge in [0.15, 0.2) is 5.78 Å². The van der Waals surface area contributed by atoms with Crippen molar-refractivity contribution in [3.63, 3.8) is 0 Å². The fourth-order valence-electron chi connectivity index (χ4n) is 4.22. The number of ether oxygens (including phenoxy) is 2. The third kappa shape index (κ3) is 5.48. The molecule has 0 radical (unpaired) electrons. The van der Waals surface area contributed by atoms with E-state index in [4.69, 9.17) is 15.2 Å². The number of carbonyl (C=O) groups is 2. The van der Waals surface area contributed by atoms with Crippen LogP contribution in [-0.4, -0.2) is 47.8 Å². The number of hydrogen-bond donors (Lipinski definition) is 2. The van der Waals surface area contributed by atoms with Crippen molar-refractivity contribution >= 4 is 28.3 Å². The predicted molar refractivity (Wildman–Crippen MR) is 143 cm³/mol. The van der Waals surface area contributed by atoms with E-state index in [2.05, 4.69) is 4.99 Å². The second-order valence-electron chi connectivity index (χ2n) is 8.66. The van der Waals surface area contributed by atoms with Crippen LogP contribution in [0.15, 0.2) is 71.7 Å². The van der Waals surface area contributed by atoms with Crippen molar-refractivity contribution in [3.8, 4) is 23.1 Å². The number of aliphatic imine (C=N–C) groups is 1. The van der Waals surface area contributed by atoms with Gasteiger partial charge in [-0.05, 0) is 18.6 Å². The lowest BCUT2D eigenvalue weighted by molar-refractivity contribution is -0.123. The molecule has 0 unspecified atom stereocenters. The van der Waals surface area contributed by atoms with Crippen LogP contribution in [-0.2, 0) is 9.59 Å². The number of hydrogen-bond acceptors (Lipinski definition) is 6. The van der Waals surface area contributed by atoms with Crippen LogP contribution in [0.25, 0.3) is 16.6 Å². The molecule has 3 N–H and O–H groups in total. The van der Waals surface area contributed by atoms with Crippen LogP contribution < -0.4 is 15.2 Å². The van der Waals surface area contributed by atoms with Crippen molar-refractivity contribution in [1.29, 1.82) is 0 Å². The van der Waals surface area contributed by atoms with Gasteiger partial charge in [-0.1, -0.05) is 42.5 Å². The van der Waals surface area contributed by atoms with Crippen LogP contribution in [0.3, 0.4) is 0 Å². The largest absolute Gasteiger partial charge is 0.497 e. The molecule has 8 heteroatoms. The molecule has 4 aromatic rings. The Kier molecular flexibility index (Phi) is 7.57. The molecule has 0 bridgehead atoms. The summed E-state index contributed by atoms with van der Waals surface area (Å²) in [5.74, 6) is 0.348. The van der Waals surface area contributed by atoms with Crippen molar-refractivity contribution in [1.82, 2.24) is 4.57 Å². The molecule has 37 heavy (non-hydrogen) atoms. The fraction of sp³-hybridized carbons (Fsp3) is 0.207. The molecule has 4 rings (SSSR count). The van der Waals surface area contributed by atoms with E-state index in [0.29, 0.717) is 28.5 Å². The van der Waals surface area contributed by atoms with E-state index in [-0.39, 0.29) is 31.0 Å². The molecule has 0 saturated carbocycles. The van der Waals surface area contributed by atoms with Gasteiger partial charge in [0.25, 0.3) is 0 Å². The van der Waals surface area contributed by atoms with Gasteiger partial charge in [0, 0.05) is 42.0 Å². The maximum Gasteiger partial charge on any atom is 0.217 e. The number of aromatic hydroxyl groups is 1. The Labute approximate surface area is 215 Å². The summed E-state index contributed by atoms with van der Waals surface area (Å²) in [4.78, 5) is 28.2. The number of benzene rings is 3. The number of primary amides is 1. The van der Waals surface area contributed by atoms with Crippen LogP contribution >= 0.6 is 0 Å². The molecule has 3 aromatic carbocycles. The van der Waals surface area contributed by atoms with Gasteiger partial charge in [0.2, 0.25) is 11.8 Å². The molecule has 1 heterocycles. The highest BCUT2D eigenvalue weighted by atomic mass is 16.5. The van der Waals surface area contributed by atoms with Gasteiger partial charge in [-0.2, -0.15) is 0 Å². The Morgan fingerprint density at radius 2 is 1.62 bits per heavy atom. The van der Waals surface area contributed by atoms with E-state index in [1.165, 1.54) is 0 Å². The molecule has 0 aliphatic carbocycles. The van der Waals surface area contributed by atoms with Crippen LogP contribution in [0.1, 0.15) is 29.5 Å². The molecule has 0 fully saturated rings. The zero-order valence-corrected chi connectivity index (χ0v) is 21.0. The Hall–Kier alpha value is -4.59. The lowest BCUT2D eigenvalue weighted by Crippen LogP contribution is -2.15. The number of aryl methyl sites for hydroxylation is 1. The van der Waals surface area contributed by atoms with E-state index in [0.717, 1.165) is 22.0 Å². The zero-order chi connectivity index (χ0) is 26.5. The summed E-state index contributed by atoms with van der Waals surface area (Å²) < 4.78 is 12.6. The Balaban J connectivity index is 1.95. The topological polar surface area (TPSA) is 116 Å². The van der Waals surface area contributed by atoms with Crippen molar-refractivity contribution in [2.45, 2.75) is 19.8 Å². The average Bonchev–Trinajstić information content (AvgIpc) is 3.18. The Morgan fingerprint density at radius 1 is 0.946 bits per heavy atom. The van der Waals surface area contributed by atoms with Gasteiger partial charge >= 0.3 is 0 Å². The smallest absolute Gasteiger partial charge is 0.217 e. The third-order valence-corrected chi connectivity index (χ3v) is 6.04. The molecular formula is C29H29N3O5. The lowest BCUT2D eigenvalue weighted by Gasteiger charge is -2.12. The maximum absolute atomic E-state index is 12.5. The summed E-state index contributed by atoms with van der Waals surface area (Å²) in [5.41, 5.74) is 9.29. The minimum absolute atomic E-state index is 0.0114. The van der Waals surface area contributed by atoms with Gasteiger partial charge in [-0.25, -0.2) is 0 Å². The second kappa shape index (κ2) is 11.0. The number of fused-ring (bicyclic) bond motifs is 1. The minimum Gasteiger partial charge on any atom is -0.497 e. The van der Waals surface area contributed by atoms with E-state index in [1.807, 2.05) is 55.5 Å². The SMILES string of the molecule is COc1cc(OC)cc(-n2c(O)c(C(=NCC(=O)CCC(N)=O)c3ccccc3)c3ccc(C)cc32)c1. The maximum atomic E-state index is 12.5. The summed E-state index contributed by atoms with van der Waals surface area (Å²) in [7, 11) is 3.13. The number of rotatable bonds is 10. The highest BCUT2D eigenvalue weighted by Crippen LogP contribution is 2.38. The normalized spacial score (nSPS) is 11.5. The van der Waals surface area contributed by atoms with Crippen LogP contribution in [0, 0.1) is 6.92 Å². The predicted octanol–water partition coefficient (Wildman–Crippen LogP) is 4.33. The van der Waals surface area contributed by atoms with Crippen molar-refractivity contribution in [3.05, 3.63) is 83.4 Å². The first-order valence-electron chi connectivity index (χ1n) is 11.8. The molecule has 0 aliphatic heterocycles. The van der Waals surface area contributed by atoms with Crippen LogP contribution in [0.2, 0.25) is 0 Å². The minimum atomic E-state index is -0.537. The van der Waals surface area contributed by atoms with E-state index < -0.39 is 5.91 Å². The van der Waals surface area contributed by atoms with Crippen molar-refractivity contribution in [2.75, 3.05) is 20.8 Å². The number of ketones is 1. The Morgan fingerprint density at radius 3 is 2.24 bits per heavy atom. The van der Waals surface area contributed by atoms with Crippen LogP contribution in [0.5, 0.6) is 17.4 Å². The molecular weight excluding hydrogens is 470 g/mol. The summed E-state index contributed by atoms with van der Waals surface area (Å²) in [6.45, 7) is 1.83. The van der Waals surface area contributed by atoms with Crippen LogP contribution in [0.4, 0.5) is 0 Å². The van der Waals surface area contributed by atoms with E-state index >= 15 is 0 Å². The van der Waals surface area contributed by atoms with Gasteiger partial charge in [-0.15, -0.1) is 0 Å². The molecule has 1 amide bonds. The molecule has 1 aromatic heterocycles. The third-order valence-electron chi connectivity index (χ3n) is 6.04. The molecule has 190 valence electrons. The number of nitrogens with two attached hydrogens (primary N) is 1. The summed E-state index contributed by atoms with van der Waals surface area (Å²) in [6, 6.07) is 20.6. The fourth-order valence-corrected chi connectivity index (χ4v) is 4.22. The quantitative estimate of drug-likeness (QED) is 0.315. The molecule has 8 nitrogen and oxygen atoms in total. The highest BCUT2D eigenvalue weighted by Gasteiger charge is 2.24. The van der Waals surface area contributed by atoms with E-state index in [9.17, 15) is 14.7 Å². The second-order valence-corrected chi connectivity index (χ2v) is 8.66. The summed E-state index contributed by atoms with van der Waals surface area (Å²) in [5, 5.41) is 12.5.